The Morgan fingerprint density at radius 1 is 1.33 bits per heavy atom. The van der Waals surface area contributed by atoms with Crippen molar-refractivity contribution in [2.45, 2.75) is 38.6 Å². The zero-order chi connectivity index (χ0) is 22.1. The molecule has 0 spiro atoms. The van der Waals surface area contributed by atoms with E-state index in [0.29, 0.717) is 26.2 Å². The van der Waals surface area contributed by atoms with E-state index >= 15 is 0 Å². The van der Waals surface area contributed by atoms with Gasteiger partial charge in [0.15, 0.2) is 0 Å². The van der Waals surface area contributed by atoms with Crippen LogP contribution in [0.5, 0.6) is 0 Å². The maximum absolute atomic E-state index is 12.6. The van der Waals surface area contributed by atoms with E-state index in [2.05, 4.69) is 4.98 Å². The summed E-state index contributed by atoms with van der Waals surface area (Å²) in [6.07, 6.45) is -3.59. The van der Waals surface area contributed by atoms with Gasteiger partial charge in [-0.15, -0.1) is 11.3 Å². The average Bonchev–Trinajstić information content (AvgIpc) is 3.43. The maximum Gasteiger partial charge on any atom is 0.490 e. The lowest BCUT2D eigenvalue weighted by atomic mass is 10.0. The van der Waals surface area contributed by atoms with E-state index in [1.54, 1.807) is 11.3 Å². The Morgan fingerprint density at radius 3 is 2.53 bits per heavy atom. The SMILES string of the molecule is Cc1nc(CN2C[C@@H]3CN(C(=O)[C@H]4CCCO4)C[C@@H]3C2=O)cs1.O=C(O)C(F)(F)F. The minimum absolute atomic E-state index is 0.0416. The van der Waals surface area contributed by atoms with Gasteiger partial charge in [-0.25, -0.2) is 9.78 Å². The quantitative estimate of drug-likeness (QED) is 0.754. The van der Waals surface area contributed by atoms with E-state index in [-0.39, 0.29) is 29.8 Å². The van der Waals surface area contributed by atoms with Gasteiger partial charge in [-0.05, 0) is 19.8 Å². The summed E-state index contributed by atoms with van der Waals surface area (Å²) in [5, 5.41) is 10.2. The lowest BCUT2D eigenvalue weighted by Crippen LogP contribution is -2.40. The van der Waals surface area contributed by atoms with Gasteiger partial charge < -0.3 is 19.6 Å². The predicted molar refractivity (Wildman–Crippen MR) is 98.5 cm³/mol. The number of likely N-dealkylation sites (tertiary alicyclic amines) is 2. The van der Waals surface area contributed by atoms with Crippen LogP contribution < -0.4 is 0 Å². The lowest BCUT2D eigenvalue weighted by Gasteiger charge is -2.23. The molecule has 4 rings (SSSR count). The molecule has 3 saturated heterocycles. The number of amides is 2. The monoisotopic (exact) mass is 449 g/mol. The molecule has 0 aliphatic carbocycles. The molecule has 0 bridgehead atoms. The molecule has 1 aromatic heterocycles. The molecule has 1 N–H and O–H groups in total. The number of nitrogens with zero attached hydrogens (tertiary/aromatic N) is 3. The second kappa shape index (κ2) is 8.88. The van der Waals surface area contributed by atoms with Crippen LogP contribution in [0, 0.1) is 18.8 Å². The van der Waals surface area contributed by atoms with Crippen molar-refractivity contribution < 1.29 is 37.4 Å². The molecule has 0 saturated carbocycles. The Bertz CT molecular complexity index is 809. The van der Waals surface area contributed by atoms with Crippen molar-refractivity contribution >= 4 is 29.1 Å². The number of carboxylic acid groups (broad SMARTS) is 1. The van der Waals surface area contributed by atoms with Crippen LogP contribution in [0.4, 0.5) is 13.2 Å². The zero-order valence-corrected chi connectivity index (χ0v) is 17.0. The maximum atomic E-state index is 12.6. The van der Waals surface area contributed by atoms with Crippen LogP contribution >= 0.6 is 11.3 Å². The first kappa shape index (κ1) is 22.5. The molecular formula is C18H22F3N3O5S. The van der Waals surface area contributed by atoms with E-state index in [1.807, 2.05) is 22.1 Å². The Labute approximate surface area is 174 Å². The minimum atomic E-state index is -5.08. The number of hydrogen-bond donors (Lipinski definition) is 1. The van der Waals surface area contributed by atoms with Crippen LogP contribution in [-0.4, -0.2) is 76.2 Å². The molecule has 3 atom stereocenters. The molecule has 4 heterocycles. The number of rotatable bonds is 3. The summed E-state index contributed by atoms with van der Waals surface area (Å²) in [4.78, 5) is 42.1. The van der Waals surface area contributed by atoms with Crippen molar-refractivity contribution in [3.63, 3.8) is 0 Å². The highest BCUT2D eigenvalue weighted by atomic mass is 32.1. The average molecular weight is 449 g/mol. The predicted octanol–water partition coefficient (Wildman–Crippen LogP) is 1.68. The summed E-state index contributed by atoms with van der Waals surface area (Å²) in [7, 11) is 0. The fourth-order valence-corrected chi connectivity index (χ4v) is 4.52. The van der Waals surface area contributed by atoms with Crippen molar-refractivity contribution in [3.05, 3.63) is 16.1 Å². The van der Waals surface area contributed by atoms with Crippen molar-refractivity contribution in [3.8, 4) is 0 Å². The Morgan fingerprint density at radius 2 is 2.03 bits per heavy atom. The highest BCUT2D eigenvalue weighted by Gasteiger charge is 2.48. The number of carbonyl (C=O) groups is 3. The Hall–Kier alpha value is -2.21. The van der Waals surface area contributed by atoms with E-state index < -0.39 is 12.1 Å². The van der Waals surface area contributed by atoms with Crippen molar-refractivity contribution in [2.24, 2.45) is 11.8 Å². The standard InChI is InChI=1S/C16H21N3O3S.C2HF3O2/c1-10-17-12(9-23-10)7-18-5-11-6-19(8-13(11)15(18)20)16(21)14-3-2-4-22-14;3-2(4,5)1(6)7/h9,11,13-14H,2-8H2,1H3;(H,6,7)/t11-,13+,14-;/m1./s1. The number of alkyl halides is 3. The Kier molecular flexibility index (Phi) is 6.65. The number of carbonyl (C=O) groups excluding carboxylic acids is 2. The number of carboxylic acids is 1. The molecule has 0 unspecified atom stereocenters. The zero-order valence-electron chi connectivity index (χ0n) is 16.2. The fraction of sp³-hybridized carbons (Fsp3) is 0.667. The van der Waals surface area contributed by atoms with E-state index in [9.17, 15) is 22.8 Å². The van der Waals surface area contributed by atoms with Crippen LogP contribution in [0.15, 0.2) is 5.38 Å². The molecule has 30 heavy (non-hydrogen) atoms. The van der Waals surface area contributed by atoms with Crippen LogP contribution in [0.25, 0.3) is 0 Å². The molecule has 2 amide bonds. The molecule has 8 nitrogen and oxygen atoms in total. The Balaban J connectivity index is 0.000000318. The number of thiazole rings is 1. The molecule has 1 aromatic rings. The summed E-state index contributed by atoms with van der Waals surface area (Å²) in [5.41, 5.74) is 0.966. The second-order valence-corrected chi connectivity index (χ2v) is 8.55. The van der Waals surface area contributed by atoms with Crippen molar-refractivity contribution in [1.82, 2.24) is 14.8 Å². The molecule has 3 aliphatic rings. The number of halogens is 3. The van der Waals surface area contributed by atoms with Gasteiger partial charge in [0.25, 0.3) is 5.91 Å². The third-order valence-corrected chi connectivity index (χ3v) is 6.13. The molecule has 3 fully saturated rings. The number of fused-ring (bicyclic) bond motifs is 1. The molecule has 0 radical (unpaired) electrons. The van der Waals surface area contributed by atoms with Crippen molar-refractivity contribution in [2.75, 3.05) is 26.2 Å². The minimum Gasteiger partial charge on any atom is -0.475 e. The first-order valence-corrected chi connectivity index (χ1v) is 10.3. The van der Waals surface area contributed by atoms with Crippen LogP contribution in [-0.2, 0) is 25.7 Å². The molecule has 0 aromatic carbocycles. The first-order chi connectivity index (χ1) is 14.1. The molecule has 166 valence electrons. The summed E-state index contributed by atoms with van der Waals surface area (Å²) < 4.78 is 37.2. The van der Waals surface area contributed by atoms with Gasteiger partial charge in [0.1, 0.15) is 6.10 Å². The topological polar surface area (TPSA) is 100 Å². The summed E-state index contributed by atoms with van der Waals surface area (Å²) in [6, 6.07) is 0. The molecule has 12 heteroatoms. The molecule has 3 aliphatic heterocycles. The van der Waals surface area contributed by atoms with E-state index in [1.165, 1.54) is 0 Å². The number of ether oxygens (including phenoxy) is 1. The van der Waals surface area contributed by atoms with E-state index in [4.69, 9.17) is 14.6 Å². The van der Waals surface area contributed by atoms with Crippen LogP contribution in [0.1, 0.15) is 23.5 Å². The smallest absolute Gasteiger partial charge is 0.475 e. The van der Waals surface area contributed by atoms with Gasteiger partial charge in [-0.3, -0.25) is 9.59 Å². The van der Waals surface area contributed by atoms with E-state index in [0.717, 1.165) is 30.1 Å². The number of aliphatic carboxylic acids is 1. The summed E-state index contributed by atoms with van der Waals surface area (Å²) >= 11 is 1.61. The fourth-order valence-electron chi connectivity index (χ4n) is 3.92. The first-order valence-electron chi connectivity index (χ1n) is 9.46. The van der Waals surface area contributed by atoms with Crippen LogP contribution in [0.3, 0.4) is 0 Å². The largest absolute Gasteiger partial charge is 0.490 e. The van der Waals surface area contributed by atoms with Gasteiger partial charge in [0, 0.05) is 37.5 Å². The number of hydrogen-bond acceptors (Lipinski definition) is 6. The van der Waals surface area contributed by atoms with Crippen molar-refractivity contribution in [1.29, 1.82) is 0 Å². The number of aromatic nitrogens is 1. The van der Waals surface area contributed by atoms with Gasteiger partial charge in [-0.1, -0.05) is 0 Å². The highest BCUT2D eigenvalue weighted by Crippen LogP contribution is 2.34. The number of aryl methyl sites for hydroxylation is 1. The van der Waals surface area contributed by atoms with Gasteiger partial charge in [-0.2, -0.15) is 13.2 Å². The lowest BCUT2D eigenvalue weighted by molar-refractivity contribution is -0.192. The van der Waals surface area contributed by atoms with Crippen LogP contribution in [0.2, 0.25) is 0 Å². The third kappa shape index (κ3) is 5.09. The highest BCUT2D eigenvalue weighted by molar-refractivity contribution is 7.09. The van der Waals surface area contributed by atoms with Gasteiger partial charge in [0.2, 0.25) is 5.91 Å². The summed E-state index contributed by atoms with van der Waals surface area (Å²) in [6.45, 7) is 5.21. The molecular weight excluding hydrogens is 427 g/mol. The summed E-state index contributed by atoms with van der Waals surface area (Å²) in [5.74, 6) is -2.30. The van der Waals surface area contributed by atoms with Gasteiger partial charge in [0.05, 0.1) is 23.2 Å². The normalized spacial score (nSPS) is 25.9. The second-order valence-electron chi connectivity index (χ2n) is 7.49. The van der Waals surface area contributed by atoms with Gasteiger partial charge >= 0.3 is 12.1 Å². The third-order valence-electron chi connectivity index (χ3n) is 5.30.